The molecule has 0 saturated heterocycles. The number of unbranched alkanes of at least 4 members (excludes halogenated alkanes) is 8. The Kier molecular flexibility index (Phi) is 13.3. The normalized spacial score (nSPS) is 8.88. The van der Waals surface area contributed by atoms with Crippen LogP contribution in [0.15, 0.2) is 0 Å². The molecule has 0 bridgehead atoms. The van der Waals surface area contributed by atoms with Crippen LogP contribution >= 0.6 is 0 Å². The molecule has 0 aliphatic rings. The second-order valence-electron chi connectivity index (χ2n) is 4.22. The fourth-order valence-electron chi connectivity index (χ4n) is 1.49. The van der Waals surface area contributed by atoms with Gasteiger partial charge in [0.2, 0.25) is 0 Å². The molecule has 0 aromatic carbocycles. The van der Waals surface area contributed by atoms with E-state index in [0.29, 0.717) is 0 Å². The van der Waals surface area contributed by atoms with Gasteiger partial charge in [0.15, 0.2) is 0 Å². The van der Waals surface area contributed by atoms with E-state index in [4.69, 9.17) is 0 Å². The summed E-state index contributed by atoms with van der Waals surface area (Å²) in [7, 11) is 0. The Morgan fingerprint density at radius 1 is 0.562 bits per heavy atom. The standard InChI is InChI=1S/C16H26/c1-3-5-7-9-11-13-15-16-14-12-10-8-6-4-2/h3-11,13H2,1-2H3. The van der Waals surface area contributed by atoms with Crippen molar-refractivity contribution < 1.29 is 0 Å². The molecule has 0 heteroatoms. The summed E-state index contributed by atoms with van der Waals surface area (Å²) in [5.74, 6) is 12.1. The maximum absolute atomic E-state index is 3.13. The molecule has 0 heterocycles. The minimum absolute atomic E-state index is 1.01. The van der Waals surface area contributed by atoms with E-state index in [2.05, 4.69) is 37.5 Å². The van der Waals surface area contributed by atoms with Gasteiger partial charge >= 0.3 is 0 Å². The fourth-order valence-corrected chi connectivity index (χ4v) is 1.49. The lowest BCUT2D eigenvalue weighted by Gasteiger charge is -1.93. The molecule has 0 atom stereocenters. The molecular formula is C16H26. The maximum atomic E-state index is 3.13. The first-order valence-corrected chi connectivity index (χ1v) is 6.87. The second-order valence-corrected chi connectivity index (χ2v) is 4.22. The van der Waals surface area contributed by atoms with Crippen LogP contribution in [-0.4, -0.2) is 0 Å². The van der Waals surface area contributed by atoms with Crippen LogP contribution in [0.2, 0.25) is 0 Å². The third kappa shape index (κ3) is 13.1. The van der Waals surface area contributed by atoms with Gasteiger partial charge in [-0.15, -0.1) is 0 Å². The van der Waals surface area contributed by atoms with Crippen molar-refractivity contribution in [1.82, 2.24) is 0 Å². The Labute approximate surface area is 102 Å². The molecule has 0 aromatic rings. The minimum Gasteiger partial charge on any atom is -0.0891 e. The molecule has 0 fully saturated rings. The van der Waals surface area contributed by atoms with Crippen LogP contribution in [0.4, 0.5) is 0 Å². The molecule has 0 N–H and O–H groups in total. The van der Waals surface area contributed by atoms with Crippen molar-refractivity contribution in [2.45, 2.75) is 78.1 Å². The monoisotopic (exact) mass is 218 g/mol. The zero-order valence-electron chi connectivity index (χ0n) is 11.1. The molecule has 0 rings (SSSR count). The summed E-state index contributed by atoms with van der Waals surface area (Å²) in [6.45, 7) is 4.46. The Morgan fingerprint density at radius 3 is 1.56 bits per heavy atom. The Bertz CT molecular complexity index is 241. The number of hydrogen-bond donors (Lipinski definition) is 0. The molecule has 0 amide bonds. The van der Waals surface area contributed by atoms with E-state index in [1.807, 2.05) is 0 Å². The summed E-state index contributed by atoms with van der Waals surface area (Å²) in [5.41, 5.74) is 0. The van der Waals surface area contributed by atoms with Crippen LogP contribution < -0.4 is 0 Å². The topological polar surface area (TPSA) is 0 Å². The fraction of sp³-hybridized carbons (Fsp3) is 0.750. The second kappa shape index (κ2) is 14.1. The van der Waals surface area contributed by atoms with E-state index >= 15 is 0 Å². The van der Waals surface area contributed by atoms with Gasteiger partial charge in [-0.1, -0.05) is 64.2 Å². The van der Waals surface area contributed by atoms with E-state index in [9.17, 15) is 0 Å². The highest BCUT2D eigenvalue weighted by Gasteiger charge is 1.85. The van der Waals surface area contributed by atoms with Crippen molar-refractivity contribution in [3.63, 3.8) is 0 Å². The first-order chi connectivity index (χ1) is 7.91. The highest BCUT2D eigenvalue weighted by molar-refractivity contribution is 5.25. The van der Waals surface area contributed by atoms with Crippen molar-refractivity contribution in [3.8, 4) is 23.7 Å². The van der Waals surface area contributed by atoms with Gasteiger partial charge in [-0.3, -0.25) is 0 Å². The molecule has 0 nitrogen and oxygen atoms in total. The van der Waals surface area contributed by atoms with Crippen molar-refractivity contribution in [2.24, 2.45) is 0 Å². The summed E-state index contributed by atoms with van der Waals surface area (Å²) in [6, 6.07) is 0. The van der Waals surface area contributed by atoms with Gasteiger partial charge < -0.3 is 0 Å². The Hall–Kier alpha value is -0.880. The molecule has 0 aliphatic heterocycles. The molecule has 0 aromatic heterocycles. The van der Waals surface area contributed by atoms with Gasteiger partial charge in [-0.2, -0.15) is 0 Å². The largest absolute Gasteiger partial charge is 0.0891 e. The average molecular weight is 218 g/mol. The predicted molar refractivity (Wildman–Crippen MR) is 73.1 cm³/mol. The zero-order valence-corrected chi connectivity index (χ0v) is 11.1. The maximum Gasteiger partial charge on any atom is 0.00989 e. The molecular weight excluding hydrogens is 192 g/mol. The SMILES string of the molecule is CCCCCC#CC#CCCCCCCC. The van der Waals surface area contributed by atoms with Gasteiger partial charge in [0.25, 0.3) is 0 Å². The lowest BCUT2D eigenvalue weighted by atomic mass is 10.1. The summed E-state index contributed by atoms with van der Waals surface area (Å²) >= 11 is 0. The van der Waals surface area contributed by atoms with Crippen LogP contribution in [0.25, 0.3) is 0 Å². The van der Waals surface area contributed by atoms with Crippen LogP contribution in [0, 0.1) is 23.7 Å². The summed E-state index contributed by atoms with van der Waals surface area (Å²) < 4.78 is 0. The summed E-state index contributed by atoms with van der Waals surface area (Å²) in [6.07, 6.45) is 12.4. The van der Waals surface area contributed by atoms with Crippen molar-refractivity contribution >= 4 is 0 Å². The summed E-state index contributed by atoms with van der Waals surface area (Å²) in [4.78, 5) is 0. The van der Waals surface area contributed by atoms with Crippen LogP contribution in [0.3, 0.4) is 0 Å². The minimum atomic E-state index is 1.01. The van der Waals surface area contributed by atoms with Crippen molar-refractivity contribution in [3.05, 3.63) is 0 Å². The molecule has 90 valence electrons. The molecule has 16 heavy (non-hydrogen) atoms. The smallest absolute Gasteiger partial charge is 0.00989 e. The van der Waals surface area contributed by atoms with Crippen molar-refractivity contribution in [2.75, 3.05) is 0 Å². The third-order valence-corrected chi connectivity index (χ3v) is 2.55. The predicted octanol–water partition coefficient (Wildman–Crippen LogP) is 4.93. The molecule has 0 aliphatic carbocycles. The highest BCUT2D eigenvalue weighted by Crippen LogP contribution is 2.03. The highest BCUT2D eigenvalue weighted by atomic mass is 13.9. The van der Waals surface area contributed by atoms with Gasteiger partial charge in [-0.05, 0) is 24.7 Å². The van der Waals surface area contributed by atoms with Crippen LogP contribution in [0.5, 0.6) is 0 Å². The molecule has 0 spiro atoms. The van der Waals surface area contributed by atoms with Gasteiger partial charge in [-0.25, -0.2) is 0 Å². The van der Waals surface area contributed by atoms with E-state index in [1.54, 1.807) is 0 Å². The third-order valence-electron chi connectivity index (χ3n) is 2.55. The quantitative estimate of drug-likeness (QED) is 0.400. The lowest BCUT2D eigenvalue weighted by molar-refractivity contribution is 0.641. The van der Waals surface area contributed by atoms with Crippen LogP contribution in [-0.2, 0) is 0 Å². The number of rotatable bonds is 8. The van der Waals surface area contributed by atoms with Crippen molar-refractivity contribution in [1.29, 1.82) is 0 Å². The van der Waals surface area contributed by atoms with Gasteiger partial charge in [0.1, 0.15) is 0 Å². The van der Waals surface area contributed by atoms with E-state index in [0.717, 1.165) is 12.8 Å². The number of hydrogen-bond acceptors (Lipinski definition) is 0. The molecule has 0 unspecified atom stereocenters. The van der Waals surface area contributed by atoms with E-state index in [-0.39, 0.29) is 0 Å². The van der Waals surface area contributed by atoms with E-state index < -0.39 is 0 Å². The lowest BCUT2D eigenvalue weighted by Crippen LogP contribution is -1.75. The average Bonchev–Trinajstić information content (AvgIpc) is 2.31. The van der Waals surface area contributed by atoms with Gasteiger partial charge in [0.05, 0.1) is 0 Å². The Morgan fingerprint density at radius 2 is 1.00 bits per heavy atom. The molecule has 0 radical (unpaired) electrons. The first-order valence-electron chi connectivity index (χ1n) is 6.87. The van der Waals surface area contributed by atoms with Crippen LogP contribution in [0.1, 0.15) is 78.1 Å². The zero-order chi connectivity index (χ0) is 11.9. The summed E-state index contributed by atoms with van der Waals surface area (Å²) in [5, 5.41) is 0. The molecule has 0 saturated carbocycles. The first kappa shape index (κ1) is 15.1. The Balaban J connectivity index is 3.26. The van der Waals surface area contributed by atoms with E-state index in [1.165, 1.54) is 51.4 Å². The van der Waals surface area contributed by atoms with Gasteiger partial charge in [0, 0.05) is 12.8 Å².